The van der Waals surface area contributed by atoms with Crippen molar-refractivity contribution in [3.05, 3.63) is 58.6 Å². The van der Waals surface area contributed by atoms with Crippen LogP contribution in [0.2, 0.25) is 5.02 Å². The topological polar surface area (TPSA) is 77.9 Å². The van der Waals surface area contributed by atoms with Crippen LogP contribution in [0.25, 0.3) is 0 Å². The summed E-state index contributed by atoms with van der Waals surface area (Å²) < 4.78 is 26.9. The highest BCUT2D eigenvalue weighted by molar-refractivity contribution is 7.89. The second-order valence-electron chi connectivity index (χ2n) is 7.06. The maximum Gasteiger partial charge on any atom is 0.257 e. The predicted molar refractivity (Wildman–Crippen MR) is 108 cm³/mol. The van der Waals surface area contributed by atoms with E-state index in [-0.39, 0.29) is 59.2 Å². The zero-order valence-corrected chi connectivity index (χ0v) is 17.4. The van der Waals surface area contributed by atoms with Crippen LogP contribution in [0.1, 0.15) is 35.7 Å². The van der Waals surface area contributed by atoms with Crippen LogP contribution in [-0.4, -0.2) is 54.8 Å². The van der Waals surface area contributed by atoms with Gasteiger partial charge in [0.15, 0.2) is 0 Å². The first-order chi connectivity index (χ1) is 13.2. The molecular formula is C20H23ClN2O4S. The molecule has 0 spiro atoms. The molecule has 8 heteroatoms. The zero-order valence-electron chi connectivity index (χ0n) is 15.8. The van der Waals surface area contributed by atoms with Gasteiger partial charge in [0.2, 0.25) is 10.0 Å². The molecule has 2 aromatic rings. The van der Waals surface area contributed by atoms with E-state index in [0.29, 0.717) is 0 Å². The number of piperazine rings is 1. The molecule has 1 saturated heterocycles. The molecule has 1 fully saturated rings. The number of hydrogen-bond acceptors (Lipinski definition) is 4. The van der Waals surface area contributed by atoms with Crippen molar-refractivity contribution in [3.63, 3.8) is 0 Å². The zero-order chi connectivity index (χ0) is 20.5. The summed E-state index contributed by atoms with van der Waals surface area (Å²) in [6, 6.07) is 11.4. The Morgan fingerprint density at radius 2 is 1.71 bits per heavy atom. The number of nitrogens with zero attached hydrogens (tertiary/aromatic N) is 2. The molecule has 150 valence electrons. The Hall–Kier alpha value is -2.09. The van der Waals surface area contributed by atoms with E-state index >= 15 is 0 Å². The summed E-state index contributed by atoms with van der Waals surface area (Å²) in [4.78, 5) is 14.4. The molecule has 3 rings (SSSR count). The van der Waals surface area contributed by atoms with Gasteiger partial charge in [-0.2, -0.15) is 4.31 Å². The van der Waals surface area contributed by atoms with Crippen LogP contribution in [0.4, 0.5) is 0 Å². The lowest BCUT2D eigenvalue weighted by Crippen LogP contribution is -2.50. The van der Waals surface area contributed by atoms with Gasteiger partial charge in [-0.05, 0) is 35.7 Å². The number of carbonyl (C=O) groups is 1. The summed E-state index contributed by atoms with van der Waals surface area (Å²) in [6.45, 7) is 4.85. The Bertz CT molecular complexity index is 983. The number of rotatable bonds is 4. The third-order valence-corrected chi connectivity index (χ3v) is 7.30. The molecule has 0 bridgehead atoms. The second kappa shape index (κ2) is 8.11. The minimum atomic E-state index is -3.72. The molecule has 2 aromatic carbocycles. The fourth-order valence-electron chi connectivity index (χ4n) is 3.18. The fourth-order valence-corrected chi connectivity index (χ4v) is 5.10. The molecule has 0 radical (unpaired) electrons. The number of phenols is 1. The minimum absolute atomic E-state index is 0.0534. The van der Waals surface area contributed by atoms with Crippen molar-refractivity contribution in [1.29, 1.82) is 0 Å². The van der Waals surface area contributed by atoms with Gasteiger partial charge in [0.05, 0.1) is 10.6 Å². The van der Waals surface area contributed by atoms with E-state index in [1.807, 2.05) is 19.9 Å². The Morgan fingerprint density at radius 1 is 1.07 bits per heavy atom. The van der Waals surface area contributed by atoms with E-state index in [0.717, 1.165) is 5.56 Å². The third kappa shape index (κ3) is 4.01. The van der Waals surface area contributed by atoms with Gasteiger partial charge < -0.3 is 10.0 Å². The van der Waals surface area contributed by atoms with Crippen LogP contribution in [0.5, 0.6) is 5.75 Å². The van der Waals surface area contributed by atoms with Crippen LogP contribution < -0.4 is 0 Å². The van der Waals surface area contributed by atoms with E-state index in [2.05, 4.69) is 0 Å². The van der Waals surface area contributed by atoms with Crippen LogP contribution in [-0.2, 0) is 10.0 Å². The number of amides is 1. The van der Waals surface area contributed by atoms with Crippen LogP contribution in [0.15, 0.2) is 47.4 Å². The summed E-state index contributed by atoms with van der Waals surface area (Å²) in [6.07, 6.45) is 0. The number of benzene rings is 2. The first-order valence-corrected chi connectivity index (χ1v) is 10.9. The number of phenolic OH excluding ortho intramolecular Hbond substituents is 1. The number of halogens is 1. The highest BCUT2D eigenvalue weighted by atomic mass is 35.5. The smallest absolute Gasteiger partial charge is 0.257 e. The Morgan fingerprint density at radius 3 is 2.29 bits per heavy atom. The van der Waals surface area contributed by atoms with E-state index in [9.17, 15) is 18.3 Å². The molecule has 0 unspecified atom stereocenters. The lowest BCUT2D eigenvalue weighted by Gasteiger charge is -2.34. The summed E-state index contributed by atoms with van der Waals surface area (Å²) in [7, 11) is -3.72. The number of carbonyl (C=O) groups excluding carboxylic acids is 1. The third-order valence-electron chi connectivity index (χ3n) is 4.90. The van der Waals surface area contributed by atoms with E-state index in [1.54, 1.807) is 29.2 Å². The number of sulfonamides is 1. The minimum Gasteiger partial charge on any atom is -0.507 e. The second-order valence-corrected chi connectivity index (χ2v) is 9.37. The highest BCUT2D eigenvalue weighted by Gasteiger charge is 2.32. The lowest BCUT2D eigenvalue weighted by molar-refractivity contribution is 0.0695. The SMILES string of the molecule is CC(C)c1ccc(C(=O)N2CCN(S(=O)(=O)c3ccccc3Cl)CC2)c(O)c1. The van der Waals surface area contributed by atoms with Crippen LogP contribution >= 0.6 is 11.6 Å². The highest BCUT2D eigenvalue weighted by Crippen LogP contribution is 2.27. The molecule has 0 atom stereocenters. The van der Waals surface area contributed by atoms with Gasteiger partial charge in [-0.25, -0.2) is 8.42 Å². The van der Waals surface area contributed by atoms with Crippen molar-refractivity contribution < 1.29 is 18.3 Å². The van der Waals surface area contributed by atoms with Gasteiger partial charge in [0.25, 0.3) is 5.91 Å². The number of aromatic hydroxyl groups is 1. The molecular weight excluding hydrogens is 400 g/mol. The summed E-state index contributed by atoms with van der Waals surface area (Å²) in [5.41, 5.74) is 1.18. The van der Waals surface area contributed by atoms with Crippen molar-refractivity contribution in [2.24, 2.45) is 0 Å². The van der Waals surface area contributed by atoms with Crippen molar-refractivity contribution in [2.75, 3.05) is 26.2 Å². The van der Waals surface area contributed by atoms with Gasteiger partial charge in [-0.3, -0.25) is 4.79 Å². The van der Waals surface area contributed by atoms with Gasteiger partial charge >= 0.3 is 0 Å². The molecule has 0 aliphatic carbocycles. The normalized spacial score (nSPS) is 15.8. The van der Waals surface area contributed by atoms with Gasteiger partial charge in [0, 0.05) is 26.2 Å². The Kier molecular flexibility index (Phi) is 5.98. The fraction of sp³-hybridized carbons (Fsp3) is 0.350. The van der Waals surface area contributed by atoms with Crippen molar-refractivity contribution in [1.82, 2.24) is 9.21 Å². The van der Waals surface area contributed by atoms with E-state index in [4.69, 9.17) is 11.6 Å². The first kappa shape index (κ1) is 20.6. The van der Waals surface area contributed by atoms with E-state index in [1.165, 1.54) is 16.4 Å². The average Bonchev–Trinajstić information content (AvgIpc) is 2.67. The van der Waals surface area contributed by atoms with Crippen molar-refractivity contribution in [3.8, 4) is 5.75 Å². The van der Waals surface area contributed by atoms with Crippen LogP contribution in [0.3, 0.4) is 0 Å². The molecule has 1 heterocycles. The first-order valence-electron chi connectivity index (χ1n) is 9.08. The monoisotopic (exact) mass is 422 g/mol. The predicted octanol–water partition coefficient (Wildman–Crippen LogP) is 3.32. The molecule has 1 amide bonds. The maximum atomic E-state index is 12.8. The maximum absolute atomic E-state index is 12.8. The summed E-state index contributed by atoms with van der Waals surface area (Å²) >= 11 is 6.04. The number of hydrogen-bond donors (Lipinski definition) is 1. The molecule has 1 aliphatic rings. The molecule has 1 N–H and O–H groups in total. The van der Waals surface area contributed by atoms with Crippen molar-refractivity contribution >= 4 is 27.5 Å². The average molecular weight is 423 g/mol. The summed E-state index contributed by atoms with van der Waals surface area (Å²) in [5.74, 6) is -0.112. The summed E-state index contributed by atoms with van der Waals surface area (Å²) in [5, 5.41) is 10.4. The Balaban J connectivity index is 1.72. The van der Waals surface area contributed by atoms with Gasteiger partial charge in [-0.1, -0.05) is 43.6 Å². The van der Waals surface area contributed by atoms with Crippen LogP contribution in [0, 0.1) is 0 Å². The van der Waals surface area contributed by atoms with Gasteiger partial charge in [-0.15, -0.1) is 0 Å². The standard InChI is InChI=1S/C20H23ClN2O4S/c1-14(2)15-7-8-16(18(24)13-15)20(25)22-9-11-23(12-10-22)28(26,27)19-6-4-3-5-17(19)21/h3-8,13-14,24H,9-12H2,1-2H3. The molecule has 6 nitrogen and oxygen atoms in total. The largest absolute Gasteiger partial charge is 0.507 e. The molecule has 0 saturated carbocycles. The molecule has 0 aromatic heterocycles. The van der Waals surface area contributed by atoms with Gasteiger partial charge in [0.1, 0.15) is 10.6 Å². The molecule has 1 aliphatic heterocycles. The Labute approximate surface area is 170 Å². The van der Waals surface area contributed by atoms with E-state index < -0.39 is 10.0 Å². The molecule has 28 heavy (non-hydrogen) atoms. The quantitative estimate of drug-likeness (QED) is 0.819. The lowest BCUT2D eigenvalue weighted by atomic mass is 10.0. The van der Waals surface area contributed by atoms with Crippen molar-refractivity contribution in [2.45, 2.75) is 24.7 Å².